The van der Waals surface area contributed by atoms with Gasteiger partial charge in [-0.3, -0.25) is 9.89 Å². The van der Waals surface area contributed by atoms with Gasteiger partial charge in [0, 0.05) is 32.2 Å². The number of nitrogens with one attached hydrogen (secondary N) is 1. The van der Waals surface area contributed by atoms with Crippen molar-refractivity contribution in [2.45, 2.75) is 38.4 Å². The summed E-state index contributed by atoms with van der Waals surface area (Å²) in [6.45, 7) is 4.42. The first-order valence-electron chi connectivity index (χ1n) is 6.96. The number of halogens is 1. The molecule has 0 amide bonds. The number of hydrogen-bond donors (Lipinski definition) is 2. The lowest BCUT2D eigenvalue weighted by Gasteiger charge is -2.38. The number of nitrogens with two attached hydrogens (primary N) is 1. The van der Waals surface area contributed by atoms with E-state index in [1.165, 1.54) is 5.56 Å². The zero-order valence-electron chi connectivity index (χ0n) is 12.2. The third kappa shape index (κ3) is 4.94. The van der Waals surface area contributed by atoms with Gasteiger partial charge in [0.15, 0.2) is 5.96 Å². The smallest absolute Gasteiger partial charge is 0.188 e. The van der Waals surface area contributed by atoms with E-state index in [0.29, 0.717) is 18.0 Å². The van der Waals surface area contributed by atoms with Crippen LogP contribution in [0.5, 0.6) is 0 Å². The van der Waals surface area contributed by atoms with E-state index < -0.39 is 0 Å². The average molecular weight is 388 g/mol. The number of guanidine groups is 1. The molecule has 2 rings (SSSR count). The van der Waals surface area contributed by atoms with Crippen LogP contribution in [0.25, 0.3) is 0 Å². The molecule has 0 spiro atoms. The second-order valence-corrected chi connectivity index (χ2v) is 5.28. The number of rotatable bonds is 3. The van der Waals surface area contributed by atoms with Crippen molar-refractivity contribution in [2.75, 3.05) is 13.6 Å². The lowest BCUT2D eigenvalue weighted by Crippen LogP contribution is -2.50. The van der Waals surface area contributed by atoms with Crippen molar-refractivity contribution in [1.29, 1.82) is 0 Å². The van der Waals surface area contributed by atoms with Crippen LogP contribution in [0.15, 0.2) is 35.3 Å². The molecule has 1 aliphatic rings. The molecule has 0 saturated carbocycles. The van der Waals surface area contributed by atoms with Gasteiger partial charge in [0.25, 0.3) is 0 Å². The zero-order chi connectivity index (χ0) is 13.7. The van der Waals surface area contributed by atoms with Crippen molar-refractivity contribution in [1.82, 2.24) is 10.2 Å². The molecule has 3 N–H and O–H groups in total. The molecule has 0 aliphatic carbocycles. The molecule has 1 heterocycles. The Morgan fingerprint density at radius 2 is 2.10 bits per heavy atom. The van der Waals surface area contributed by atoms with Crippen LogP contribution in [-0.2, 0) is 6.54 Å². The molecule has 0 radical (unpaired) electrons. The molecule has 5 heteroatoms. The highest BCUT2D eigenvalue weighted by molar-refractivity contribution is 14.0. The van der Waals surface area contributed by atoms with E-state index in [9.17, 15) is 0 Å². The summed E-state index contributed by atoms with van der Waals surface area (Å²) in [4.78, 5) is 6.50. The average Bonchev–Trinajstić information content (AvgIpc) is 2.43. The fraction of sp³-hybridized carbons (Fsp3) is 0.533. The summed E-state index contributed by atoms with van der Waals surface area (Å²) in [6.07, 6.45) is 2.23. The van der Waals surface area contributed by atoms with Gasteiger partial charge in [-0.15, -0.1) is 24.0 Å². The zero-order valence-corrected chi connectivity index (χ0v) is 14.6. The Labute approximate surface area is 138 Å². The summed E-state index contributed by atoms with van der Waals surface area (Å²) < 4.78 is 0. The molecular formula is C15H25IN4. The van der Waals surface area contributed by atoms with Crippen molar-refractivity contribution in [3.63, 3.8) is 0 Å². The van der Waals surface area contributed by atoms with E-state index in [4.69, 9.17) is 5.73 Å². The van der Waals surface area contributed by atoms with Gasteiger partial charge >= 0.3 is 0 Å². The maximum Gasteiger partial charge on any atom is 0.188 e. The van der Waals surface area contributed by atoms with Gasteiger partial charge in [-0.1, -0.05) is 30.3 Å². The van der Waals surface area contributed by atoms with Crippen LogP contribution in [0.2, 0.25) is 0 Å². The normalized spacial score (nSPS) is 24.0. The van der Waals surface area contributed by atoms with Crippen LogP contribution in [0.4, 0.5) is 0 Å². The van der Waals surface area contributed by atoms with Gasteiger partial charge in [0.2, 0.25) is 0 Å². The largest absolute Gasteiger partial charge is 0.370 e. The monoisotopic (exact) mass is 388 g/mol. The minimum Gasteiger partial charge on any atom is -0.370 e. The topological polar surface area (TPSA) is 53.6 Å². The Kier molecular flexibility index (Phi) is 7.29. The van der Waals surface area contributed by atoms with Gasteiger partial charge in [-0.25, -0.2) is 0 Å². The molecule has 2 unspecified atom stereocenters. The molecular weight excluding hydrogens is 363 g/mol. The van der Waals surface area contributed by atoms with Crippen molar-refractivity contribution < 1.29 is 0 Å². The molecule has 0 aromatic heterocycles. The van der Waals surface area contributed by atoms with Crippen molar-refractivity contribution in [3.8, 4) is 0 Å². The van der Waals surface area contributed by atoms with Crippen LogP contribution in [0.1, 0.15) is 25.3 Å². The van der Waals surface area contributed by atoms with Gasteiger partial charge in [0.1, 0.15) is 0 Å². The Bertz CT molecular complexity index is 421. The number of aliphatic imine (C=N–C) groups is 1. The van der Waals surface area contributed by atoms with E-state index in [1.54, 1.807) is 7.05 Å². The molecule has 2 atom stereocenters. The molecule has 0 bridgehead atoms. The molecule has 1 aromatic rings. The first kappa shape index (κ1) is 17.2. The van der Waals surface area contributed by atoms with Crippen LogP contribution in [0, 0.1) is 0 Å². The van der Waals surface area contributed by atoms with E-state index in [-0.39, 0.29) is 24.0 Å². The minimum absolute atomic E-state index is 0. The minimum atomic E-state index is 0. The summed E-state index contributed by atoms with van der Waals surface area (Å²) in [6, 6.07) is 11.7. The van der Waals surface area contributed by atoms with Gasteiger partial charge in [-0.05, 0) is 25.3 Å². The second kappa shape index (κ2) is 8.46. The Balaban J connectivity index is 0.00000200. The Morgan fingerprint density at radius 3 is 2.70 bits per heavy atom. The molecule has 20 heavy (non-hydrogen) atoms. The SMILES string of the molecule is CN=C(N)NC1CCN(Cc2ccccc2)C(C)C1.I. The molecule has 1 fully saturated rings. The summed E-state index contributed by atoms with van der Waals surface area (Å²) in [5.41, 5.74) is 7.12. The summed E-state index contributed by atoms with van der Waals surface area (Å²) in [5.74, 6) is 0.550. The lowest BCUT2D eigenvalue weighted by molar-refractivity contribution is 0.134. The van der Waals surface area contributed by atoms with E-state index in [0.717, 1.165) is 25.9 Å². The number of piperidine rings is 1. The highest BCUT2D eigenvalue weighted by atomic mass is 127. The van der Waals surface area contributed by atoms with Gasteiger partial charge < -0.3 is 11.1 Å². The highest BCUT2D eigenvalue weighted by Gasteiger charge is 2.25. The maximum absolute atomic E-state index is 5.73. The first-order valence-corrected chi connectivity index (χ1v) is 6.96. The van der Waals surface area contributed by atoms with Crippen molar-refractivity contribution in [3.05, 3.63) is 35.9 Å². The predicted octanol–water partition coefficient (Wildman–Crippen LogP) is 2.19. The van der Waals surface area contributed by atoms with Crippen LogP contribution in [0.3, 0.4) is 0 Å². The summed E-state index contributed by atoms with van der Waals surface area (Å²) in [5, 5.41) is 3.28. The van der Waals surface area contributed by atoms with Gasteiger partial charge in [-0.2, -0.15) is 0 Å². The third-order valence-corrected chi connectivity index (χ3v) is 3.84. The Hall–Kier alpha value is -0.820. The summed E-state index contributed by atoms with van der Waals surface area (Å²) >= 11 is 0. The number of hydrogen-bond acceptors (Lipinski definition) is 2. The molecule has 112 valence electrons. The van der Waals surface area contributed by atoms with Gasteiger partial charge in [0.05, 0.1) is 0 Å². The first-order chi connectivity index (χ1) is 9.19. The second-order valence-electron chi connectivity index (χ2n) is 5.28. The Morgan fingerprint density at radius 1 is 1.40 bits per heavy atom. The summed E-state index contributed by atoms with van der Waals surface area (Å²) in [7, 11) is 1.72. The number of benzene rings is 1. The quantitative estimate of drug-likeness (QED) is 0.474. The predicted molar refractivity (Wildman–Crippen MR) is 95.4 cm³/mol. The molecule has 1 aromatic carbocycles. The van der Waals surface area contributed by atoms with Crippen molar-refractivity contribution >= 4 is 29.9 Å². The van der Waals surface area contributed by atoms with E-state index >= 15 is 0 Å². The standard InChI is InChI=1S/C15H24N4.HI/c1-12-10-14(18-15(16)17-2)8-9-19(12)11-13-6-4-3-5-7-13;/h3-7,12,14H,8-11H2,1-2H3,(H3,16,17,18);1H. The molecule has 4 nitrogen and oxygen atoms in total. The number of likely N-dealkylation sites (tertiary alicyclic amines) is 1. The van der Waals surface area contributed by atoms with Crippen molar-refractivity contribution in [2.24, 2.45) is 10.7 Å². The molecule has 1 saturated heterocycles. The highest BCUT2D eigenvalue weighted by Crippen LogP contribution is 2.19. The third-order valence-electron chi connectivity index (χ3n) is 3.84. The number of nitrogens with zero attached hydrogens (tertiary/aromatic N) is 2. The fourth-order valence-corrected chi connectivity index (χ4v) is 2.68. The van der Waals surface area contributed by atoms with Crippen LogP contribution >= 0.6 is 24.0 Å². The maximum atomic E-state index is 5.73. The fourth-order valence-electron chi connectivity index (χ4n) is 2.68. The lowest BCUT2D eigenvalue weighted by atomic mass is 9.97. The van der Waals surface area contributed by atoms with E-state index in [2.05, 4.69) is 52.5 Å². The van der Waals surface area contributed by atoms with Crippen LogP contribution < -0.4 is 11.1 Å². The van der Waals surface area contributed by atoms with E-state index in [1.807, 2.05) is 0 Å². The molecule has 1 aliphatic heterocycles. The van der Waals surface area contributed by atoms with Crippen LogP contribution in [-0.4, -0.2) is 36.5 Å².